The molecule has 1 aromatic carbocycles. The Morgan fingerprint density at radius 2 is 2.24 bits per heavy atom. The van der Waals surface area contributed by atoms with Gasteiger partial charge in [-0.25, -0.2) is 5.48 Å². The van der Waals surface area contributed by atoms with Gasteiger partial charge in [-0.3, -0.25) is 9.63 Å². The minimum atomic E-state index is -0.412. The van der Waals surface area contributed by atoms with Crippen LogP contribution in [0.5, 0.6) is 0 Å². The number of hydrogen-bond acceptors (Lipinski definition) is 5. The van der Waals surface area contributed by atoms with Gasteiger partial charge in [0.2, 0.25) is 0 Å². The summed E-state index contributed by atoms with van der Waals surface area (Å²) in [4.78, 5) is 17.3. The highest BCUT2D eigenvalue weighted by molar-refractivity contribution is 6.35. The standard InChI is InChI=1S/C13H12ClN5O2/c1-7(2)21-16-13(20)9-6-8-4-3-5-10(14)11(8)19-12(9)15-17-18-19/h3-7H,1-2H3,(H,16,20). The van der Waals surface area contributed by atoms with Gasteiger partial charge < -0.3 is 0 Å². The number of halogens is 1. The van der Waals surface area contributed by atoms with E-state index in [9.17, 15) is 4.79 Å². The number of carbonyl (C=O) groups excluding carboxylic acids is 1. The van der Waals surface area contributed by atoms with E-state index >= 15 is 0 Å². The summed E-state index contributed by atoms with van der Waals surface area (Å²) in [6, 6.07) is 7.06. The maximum Gasteiger partial charge on any atom is 0.278 e. The van der Waals surface area contributed by atoms with Gasteiger partial charge in [0.15, 0.2) is 5.65 Å². The predicted octanol–water partition coefficient (Wildman–Crippen LogP) is 2.00. The SMILES string of the molecule is CC(C)ONC(=O)c1cc2cccc(Cl)c2n2nnnc12. The Morgan fingerprint density at radius 1 is 1.43 bits per heavy atom. The molecule has 8 heteroatoms. The number of carbonyl (C=O) groups is 1. The molecule has 1 amide bonds. The molecule has 3 aromatic rings. The van der Waals surface area contributed by atoms with Gasteiger partial charge in [-0.15, -0.1) is 5.10 Å². The molecule has 21 heavy (non-hydrogen) atoms. The third-order valence-corrected chi connectivity index (χ3v) is 3.18. The van der Waals surface area contributed by atoms with E-state index in [1.165, 1.54) is 4.52 Å². The molecule has 2 heterocycles. The quantitative estimate of drug-likeness (QED) is 0.748. The Balaban J connectivity index is 2.18. The number of nitrogens with one attached hydrogen (secondary N) is 1. The summed E-state index contributed by atoms with van der Waals surface area (Å²) >= 11 is 6.19. The van der Waals surface area contributed by atoms with E-state index in [4.69, 9.17) is 16.4 Å². The minimum Gasteiger partial charge on any atom is -0.271 e. The first-order valence-corrected chi connectivity index (χ1v) is 6.71. The number of hydrogen-bond donors (Lipinski definition) is 1. The lowest BCUT2D eigenvalue weighted by Gasteiger charge is -2.10. The van der Waals surface area contributed by atoms with Crippen molar-refractivity contribution >= 4 is 34.1 Å². The summed E-state index contributed by atoms with van der Waals surface area (Å²) in [6.07, 6.45) is -0.129. The van der Waals surface area contributed by atoms with E-state index < -0.39 is 5.91 Å². The van der Waals surface area contributed by atoms with Gasteiger partial charge >= 0.3 is 0 Å². The highest BCUT2D eigenvalue weighted by Gasteiger charge is 2.17. The van der Waals surface area contributed by atoms with Crippen LogP contribution in [-0.4, -0.2) is 32.1 Å². The number of benzene rings is 1. The van der Waals surface area contributed by atoms with Crippen LogP contribution in [0.15, 0.2) is 24.3 Å². The van der Waals surface area contributed by atoms with E-state index in [2.05, 4.69) is 21.0 Å². The monoisotopic (exact) mass is 305 g/mol. The summed E-state index contributed by atoms with van der Waals surface area (Å²) in [6.45, 7) is 3.63. The molecule has 1 N–H and O–H groups in total. The number of fused-ring (bicyclic) bond motifs is 3. The van der Waals surface area contributed by atoms with Crippen LogP contribution in [0.1, 0.15) is 24.2 Å². The second-order valence-corrected chi connectivity index (χ2v) is 5.15. The van der Waals surface area contributed by atoms with Crippen LogP contribution in [0, 0.1) is 0 Å². The van der Waals surface area contributed by atoms with E-state index in [-0.39, 0.29) is 6.10 Å². The zero-order valence-electron chi connectivity index (χ0n) is 11.4. The molecule has 0 saturated heterocycles. The van der Waals surface area contributed by atoms with Gasteiger partial charge in [0.25, 0.3) is 5.91 Å². The van der Waals surface area contributed by atoms with Crippen molar-refractivity contribution in [1.82, 2.24) is 25.5 Å². The van der Waals surface area contributed by atoms with E-state index in [1.54, 1.807) is 18.2 Å². The Hall–Kier alpha value is -2.25. The molecule has 7 nitrogen and oxygen atoms in total. The fraction of sp³-hybridized carbons (Fsp3) is 0.231. The molecule has 0 unspecified atom stereocenters. The van der Waals surface area contributed by atoms with Crippen LogP contribution in [0.3, 0.4) is 0 Å². The van der Waals surface area contributed by atoms with Crippen molar-refractivity contribution in [3.05, 3.63) is 34.9 Å². The fourth-order valence-electron chi connectivity index (χ4n) is 1.99. The Morgan fingerprint density at radius 3 is 3.00 bits per heavy atom. The van der Waals surface area contributed by atoms with Gasteiger partial charge in [0, 0.05) is 5.39 Å². The van der Waals surface area contributed by atoms with Gasteiger partial charge in [-0.05, 0) is 36.4 Å². The van der Waals surface area contributed by atoms with E-state index in [0.717, 1.165) is 5.39 Å². The molecule has 0 spiro atoms. The molecule has 2 aromatic heterocycles. The largest absolute Gasteiger partial charge is 0.278 e. The summed E-state index contributed by atoms with van der Waals surface area (Å²) < 4.78 is 1.45. The van der Waals surface area contributed by atoms with Gasteiger partial charge in [-0.2, -0.15) is 4.52 Å². The van der Waals surface area contributed by atoms with Crippen LogP contribution >= 0.6 is 11.6 Å². The van der Waals surface area contributed by atoms with Crippen molar-refractivity contribution in [1.29, 1.82) is 0 Å². The zero-order valence-corrected chi connectivity index (χ0v) is 12.1. The Kier molecular flexibility index (Phi) is 3.44. The molecule has 108 valence electrons. The Labute approximate surface area is 124 Å². The number of pyridine rings is 1. The number of rotatable bonds is 3. The van der Waals surface area contributed by atoms with Gasteiger partial charge in [-0.1, -0.05) is 23.7 Å². The average molecular weight is 306 g/mol. The number of aromatic nitrogens is 4. The summed E-state index contributed by atoms with van der Waals surface area (Å²) in [5, 5.41) is 12.7. The van der Waals surface area contributed by atoms with Crippen LogP contribution in [0.25, 0.3) is 16.6 Å². The van der Waals surface area contributed by atoms with E-state index in [0.29, 0.717) is 21.7 Å². The number of amides is 1. The summed E-state index contributed by atoms with van der Waals surface area (Å²) in [5.41, 5.74) is 3.67. The number of tetrazole rings is 1. The lowest BCUT2D eigenvalue weighted by atomic mass is 10.1. The van der Waals surface area contributed by atoms with E-state index in [1.807, 2.05) is 19.9 Å². The third kappa shape index (κ3) is 2.41. The summed E-state index contributed by atoms with van der Waals surface area (Å²) in [7, 11) is 0. The molecule has 3 rings (SSSR count). The van der Waals surface area contributed by atoms with Crippen LogP contribution in [-0.2, 0) is 4.84 Å². The molecule has 0 fully saturated rings. The minimum absolute atomic E-state index is 0.129. The lowest BCUT2D eigenvalue weighted by molar-refractivity contribution is 0.000272. The summed E-state index contributed by atoms with van der Waals surface area (Å²) in [5.74, 6) is -0.412. The molecule has 0 radical (unpaired) electrons. The maximum atomic E-state index is 12.2. The fourth-order valence-corrected chi connectivity index (χ4v) is 2.25. The second-order valence-electron chi connectivity index (χ2n) is 4.75. The smallest absolute Gasteiger partial charge is 0.271 e. The van der Waals surface area contributed by atoms with Gasteiger partial charge in [0.1, 0.15) is 0 Å². The highest BCUT2D eigenvalue weighted by atomic mass is 35.5. The average Bonchev–Trinajstić information content (AvgIpc) is 2.93. The van der Waals surface area contributed by atoms with Crippen LogP contribution in [0.2, 0.25) is 5.02 Å². The van der Waals surface area contributed by atoms with Crippen molar-refractivity contribution in [2.45, 2.75) is 20.0 Å². The first kappa shape index (κ1) is 13.7. The van der Waals surface area contributed by atoms with Crippen LogP contribution in [0.4, 0.5) is 0 Å². The van der Waals surface area contributed by atoms with Crippen molar-refractivity contribution < 1.29 is 9.63 Å². The van der Waals surface area contributed by atoms with Gasteiger partial charge in [0.05, 0.1) is 22.2 Å². The topological polar surface area (TPSA) is 81.4 Å². The van der Waals surface area contributed by atoms with Crippen molar-refractivity contribution in [2.75, 3.05) is 0 Å². The first-order valence-electron chi connectivity index (χ1n) is 6.33. The molecule has 0 aliphatic carbocycles. The Bertz CT molecular complexity index is 830. The second kappa shape index (κ2) is 5.27. The normalized spacial score (nSPS) is 11.4. The van der Waals surface area contributed by atoms with Crippen molar-refractivity contribution in [3.63, 3.8) is 0 Å². The molecular formula is C13H12ClN5O2. The zero-order chi connectivity index (χ0) is 15.0. The molecule has 0 bridgehead atoms. The number of para-hydroxylation sites is 1. The van der Waals surface area contributed by atoms with Crippen molar-refractivity contribution in [2.24, 2.45) is 0 Å². The predicted molar refractivity (Wildman–Crippen MR) is 77.0 cm³/mol. The maximum absolute atomic E-state index is 12.2. The van der Waals surface area contributed by atoms with Crippen LogP contribution < -0.4 is 5.48 Å². The molecule has 0 saturated carbocycles. The third-order valence-electron chi connectivity index (χ3n) is 2.87. The lowest BCUT2D eigenvalue weighted by Crippen LogP contribution is -2.27. The molecule has 0 aliphatic heterocycles. The highest BCUT2D eigenvalue weighted by Crippen LogP contribution is 2.25. The molecule has 0 atom stereocenters. The number of nitrogens with zero attached hydrogens (tertiary/aromatic N) is 4. The molecular weight excluding hydrogens is 294 g/mol. The van der Waals surface area contributed by atoms with Crippen molar-refractivity contribution in [3.8, 4) is 0 Å². The molecule has 0 aliphatic rings. The number of hydroxylamine groups is 1. The first-order chi connectivity index (χ1) is 10.1.